The Labute approximate surface area is 226 Å². The molecule has 2 amide bonds. The molecule has 7 heteroatoms. The first kappa shape index (κ1) is 23.8. The van der Waals surface area contributed by atoms with Gasteiger partial charge in [-0.05, 0) is 42.2 Å². The summed E-state index contributed by atoms with van der Waals surface area (Å²) in [6, 6.07) is 16.2. The molecular formula is C24H26KN5O. The van der Waals surface area contributed by atoms with E-state index in [1.807, 2.05) is 66.5 Å². The number of fused-ring (bicyclic) bond motifs is 1. The Morgan fingerprint density at radius 1 is 1.26 bits per heavy atom. The number of hydrogen-bond donors (Lipinski definition) is 2. The molecule has 0 bridgehead atoms. The van der Waals surface area contributed by atoms with Gasteiger partial charge in [-0.3, -0.25) is 0 Å². The fourth-order valence-corrected chi connectivity index (χ4v) is 3.58. The number of nitrogens with one attached hydrogen (secondary N) is 2. The molecule has 2 aromatic rings. The third-order valence-corrected chi connectivity index (χ3v) is 5.31. The maximum atomic E-state index is 12.7. The van der Waals surface area contributed by atoms with E-state index in [1.54, 1.807) is 6.20 Å². The van der Waals surface area contributed by atoms with Gasteiger partial charge in [-0.2, -0.15) is 0 Å². The maximum absolute atomic E-state index is 12.7. The number of carbonyl (C=O) groups excluding carboxylic acids is 1. The van der Waals surface area contributed by atoms with Gasteiger partial charge in [0.1, 0.15) is 7.05 Å². The third-order valence-electron chi connectivity index (χ3n) is 5.31. The van der Waals surface area contributed by atoms with E-state index in [2.05, 4.69) is 40.0 Å². The number of hydrogen-bond acceptors (Lipinski definition) is 3. The van der Waals surface area contributed by atoms with Gasteiger partial charge < -0.3 is 31.3 Å². The molecule has 4 rings (SSSR count). The van der Waals surface area contributed by atoms with E-state index < -0.39 is 0 Å². The van der Waals surface area contributed by atoms with E-state index in [-0.39, 0.29) is 63.5 Å². The van der Waals surface area contributed by atoms with Crippen LogP contribution < -0.4 is 62.0 Å². The molecule has 6 nitrogen and oxygen atoms in total. The summed E-state index contributed by atoms with van der Waals surface area (Å²) >= 11 is 0. The van der Waals surface area contributed by atoms with E-state index in [0.29, 0.717) is 6.54 Å². The van der Waals surface area contributed by atoms with Crippen molar-refractivity contribution in [3.63, 3.8) is 0 Å². The van der Waals surface area contributed by atoms with Gasteiger partial charge in [0.05, 0.1) is 18.5 Å². The maximum Gasteiger partial charge on any atom is 1.00 e. The molecular weight excluding hydrogens is 413 g/mol. The quantitative estimate of drug-likeness (QED) is 0.309. The van der Waals surface area contributed by atoms with Crippen LogP contribution in [0.3, 0.4) is 0 Å². The Kier molecular flexibility index (Phi) is 8.51. The van der Waals surface area contributed by atoms with Crippen molar-refractivity contribution in [2.75, 3.05) is 18.9 Å². The van der Waals surface area contributed by atoms with Crippen molar-refractivity contribution in [3.8, 4) is 0 Å². The second-order valence-electron chi connectivity index (χ2n) is 7.61. The van der Waals surface area contributed by atoms with Crippen LogP contribution >= 0.6 is 0 Å². The molecule has 2 aromatic carbocycles. The van der Waals surface area contributed by atoms with Crippen LogP contribution in [0.4, 0.5) is 10.5 Å². The Bertz CT molecular complexity index is 1030. The smallest absolute Gasteiger partial charge is 0.560 e. The van der Waals surface area contributed by atoms with Crippen LogP contribution in [-0.2, 0) is 13.0 Å². The fraction of sp³-hybridized carbons (Fsp3) is 0.250. The molecule has 0 radical (unpaired) electrons. The van der Waals surface area contributed by atoms with E-state index in [4.69, 9.17) is 0 Å². The molecule has 0 aromatic heterocycles. The average molecular weight is 440 g/mol. The molecule has 31 heavy (non-hydrogen) atoms. The summed E-state index contributed by atoms with van der Waals surface area (Å²) in [5.74, 6) is 0. The Balaban J connectivity index is 0.00000272. The molecule has 0 saturated heterocycles. The molecule has 0 fully saturated rings. The molecule has 1 unspecified atom stereocenters. The predicted molar refractivity (Wildman–Crippen MR) is 119 cm³/mol. The van der Waals surface area contributed by atoms with Crippen LogP contribution in [0.15, 0.2) is 59.7 Å². The zero-order chi connectivity index (χ0) is 20.9. The summed E-state index contributed by atoms with van der Waals surface area (Å²) in [5.41, 5.74) is 5.32. The van der Waals surface area contributed by atoms with E-state index in [9.17, 15) is 4.79 Å². The zero-order valence-electron chi connectivity index (χ0n) is 18.3. The number of rotatable bonds is 5. The van der Waals surface area contributed by atoms with Crippen LogP contribution in [0.1, 0.15) is 29.7 Å². The van der Waals surface area contributed by atoms with Gasteiger partial charge in [0.25, 0.3) is 0 Å². The van der Waals surface area contributed by atoms with Gasteiger partial charge in [0.2, 0.25) is 0 Å². The summed E-state index contributed by atoms with van der Waals surface area (Å²) in [6.45, 7) is 5.36. The monoisotopic (exact) mass is 439 g/mol. The zero-order valence-corrected chi connectivity index (χ0v) is 21.4. The van der Waals surface area contributed by atoms with Gasteiger partial charge in [-0.1, -0.05) is 36.4 Å². The summed E-state index contributed by atoms with van der Waals surface area (Å²) in [5, 5.41) is 6.23. The Morgan fingerprint density at radius 3 is 2.81 bits per heavy atom. The van der Waals surface area contributed by atoms with Crippen molar-refractivity contribution in [1.29, 1.82) is 0 Å². The molecule has 2 aliphatic heterocycles. The molecule has 2 aliphatic rings. The number of nitrogens with zero attached hydrogens (tertiary/aromatic N) is 3. The van der Waals surface area contributed by atoms with Crippen LogP contribution in [-0.4, -0.2) is 41.0 Å². The first-order valence-electron chi connectivity index (χ1n) is 10.1. The minimum absolute atomic E-state index is 0. The first-order valence-corrected chi connectivity index (χ1v) is 10.1. The fourth-order valence-electron chi connectivity index (χ4n) is 3.58. The minimum atomic E-state index is -0.0671. The molecule has 2 heterocycles. The Morgan fingerprint density at radius 2 is 2.03 bits per heavy atom. The predicted octanol–water partition coefficient (Wildman–Crippen LogP) is 0.535. The van der Waals surface area contributed by atoms with Crippen molar-refractivity contribution in [2.24, 2.45) is 4.99 Å². The van der Waals surface area contributed by atoms with E-state index in [0.717, 1.165) is 29.9 Å². The normalized spacial score (nSPS) is 17.0. The van der Waals surface area contributed by atoms with E-state index >= 15 is 0 Å². The van der Waals surface area contributed by atoms with Crippen LogP contribution in [0, 0.1) is 12.7 Å². The molecule has 154 valence electrons. The summed E-state index contributed by atoms with van der Waals surface area (Å²) in [7, 11) is 1.96. The van der Waals surface area contributed by atoms with Crippen molar-refractivity contribution < 1.29 is 60.8 Å². The first-order chi connectivity index (χ1) is 14.6. The minimum Gasteiger partial charge on any atom is -0.560 e. The number of aliphatic imine (C=N–C) groups is 1. The summed E-state index contributed by atoms with van der Waals surface area (Å²) < 4.78 is 1.95. The van der Waals surface area contributed by atoms with E-state index in [1.165, 1.54) is 11.1 Å². The molecule has 0 aliphatic carbocycles. The van der Waals surface area contributed by atoms with Crippen molar-refractivity contribution in [2.45, 2.75) is 25.9 Å². The number of amides is 2. The van der Waals surface area contributed by atoms with Crippen molar-refractivity contribution >= 4 is 23.6 Å². The number of anilines is 1. The van der Waals surface area contributed by atoms with Gasteiger partial charge in [0, 0.05) is 24.8 Å². The largest absolute Gasteiger partial charge is 1.00 e. The second-order valence-corrected chi connectivity index (χ2v) is 7.61. The SMILES string of the molecule is CC(N[C-]=CN=C1C=[N+](C)[CH-]1)c1cccc(NC(=O)N2CCc3ccccc3C2)c1.[K+]. The summed E-state index contributed by atoms with van der Waals surface area (Å²) in [4.78, 5) is 18.9. The molecule has 1 atom stereocenters. The molecule has 0 spiro atoms. The standard InChI is InChI=1S/C24H26N5O.K/c1-18(25-11-12-26-23-16-28(2)17-23)20-8-5-9-22(14-20)27-24(30)29-13-10-19-6-3-4-7-21(19)15-29;/h3-9,12,14,16-18,25H,10,13,15H2,1-2H3,(H,27,30);/q-1;+1. The average Bonchev–Trinajstić information content (AvgIpc) is 2.74. The van der Waals surface area contributed by atoms with Crippen LogP contribution in [0.5, 0.6) is 0 Å². The third kappa shape index (κ3) is 6.30. The van der Waals surface area contributed by atoms with Gasteiger partial charge in [0.15, 0.2) is 0 Å². The molecule has 2 N–H and O–H groups in total. The summed E-state index contributed by atoms with van der Waals surface area (Å²) in [6.07, 6.45) is 7.46. The molecule has 0 saturated carbocycles. The second kappa shape index (κ2) is 11.1. The topological polar surface area (TPSA) is 59.7 Å². The van der Waals surface area contributed by atoms with Gasteiger partial charge >= 0.3 is 57.4 Å². The Hall–Kier alpha value is -1.90. The number of urea groups is 1. The van der Waals surface area contributed by atoms with Gasteiger partial charge in [-0.25, -0.2) is 4.79 Å². The van der Waals surface area contributed by atoms with Crippen LogP contribution in [0.2, 0.25) is 0 Å². The van der Waals surface area contributed by atoms with Crippen molar-refractivity contribution in [3.05, 3.63) is 84.2 Å². The number of carbonyl (C=O) groups is 1. The van der Waals surface area contributed by atoms with Crippen LogP contribution in [0.25, 0.3) is 0 Å². The van der Waals surface area contributed by atoms with Gasteiger partial charge in [-0.15, -0.1) is 6.20 Å². The number of benzene rings is 2. The van der Waals surface area contributed by atoms with Crippen molar-refractivity contribution in [1.82, 2.24) is 10.2 Å².